The van der Waals surface area contributed by atoms with Crippen molar-refractivity contribution in [2.45, 2.75) is 12.1 Å². The molecule has 0 aromatic carbocycles. The smallest absolute Gasteiger partial charge is 0.337 e. The molecule has 0 aliphatic carbocycles. The summed E-state index contributed by atoms with van der Waals surface area (Å²) in [6, 6.07) is 1.91. The Kier molecular flexibility index (Phi) is 3.35. The number of aliphatic hydroxyl groups excluding tert-OH is 1. The molecule has 0 bridgehead atoms. The van der Waals surface area contributed by atoms with Crippen molar-refractivity contribution >= 4 is 35.0 Å². The molecule has 0 fully saturated rings. The molecule has 96 valence electrons. The first-order chi connectivity index (χ1) is 8.52. The number of rotatable bonds is 2. The van der Waals surface area contributed by atoms with Gasteiger partial charge in [0.1, 0.15) is 11.2 Å². The summed E-state index contributed by atoms with van der Waals surface area (Å²) in [6.07, 6.45) is -1.62. The van der Waals surface area contributed by atoms with Crippen LogP contribution in [0.5, 0.6) is 0 Å². The quantitative estimate of drug-likeness (QED) is 0.517. The van der Waals surface area contributed by atoms with Crippen LogP contribution in [0.2, 0.25) is 5.15 Å². The summed E-state index contributed by atoms with van der Waals surface area (Å²) in [5, 5.41) is 15.0. The lowest BCUT2D eigenvalue weighted by molar-refractivity contribution is -0.152. The van der Waals surface area contributed by atoms with Crippen molar-refractivity contribution in [2.75, 3.05) is 17.7 Å². The van der Waals surface area contributed by atoms with Crippen molar-refractivity contribution < 1.29 is 19.4 Å². The number of ether oxygens (including phenoxy) is 1. The van der Waals surface area contributed by atoms with Gasteiger partial charge in [0.05, 0.1) is 12.8 Å². The molecule has 1 amide bonds. The lowest BCUT2D eigenvalue weighted by atomic mass is 10.1. The Morgan fingerprint density at radius 2 is 2.33 bits per heavy atom. The molecule has 1 aliphatic rings. The normalized spacial score (nSPS) is 19.3. The van der Waals surface area contributed by atoms with Crippen LogP contribution in [0.3, 0.4) is 0 Å². The number of pyridine rings is 1. The number of nitrogens with zero attached hydrogens (tertiary/aromatic N) is 1. The SMILES string of the molecule is COC(=O)[C@@H](O)[C@@H]1Nc2nc(Cl)ccc2NC1=O. The first-order valence-corrected chi connectivity index (χ1v) is 5.40. The molecule has 3 N–H and O–H groups in total. The van der Waals surface area contributed by atoms with Crippen molar-refractivity contribution in [1.82, 2.24) is 4.98 Å². The highest BCUT2D eigenvalue weighted by Crippen LogP contribution is 2.27. The van der Waals surface area contributed by atoms with E-state index in [2.05, 4.69) is 20.4 Å². The van der Waals surface area contributed by atoms with Gasteiger partial charge in [-0.2, -0.15) is 0 Å². The van der Waals surface area contributed by atoms with E-state index in [-0.39, 0.29) is 11.0 Å². The Labute approximate surface area is 107 Å². The first-order valence-electron chi connectivity index (χ1n) is 5.03. The molecule has 0 unspecified atom stereocenters. The van der Waals surface area contributed by atoms with Crippen LogP contribution in [0.1, 0.15) is 0 Å². The van der Waals surface area contributed by atoms with Gasteiger partial charge in [0, 0.05) is 0 Å². The van der Waals surface area contributed by atoms with Crippen LogP contribution < -0.4 is 10.6 Å². The zero-order valence-corrected chi connectivity index (χ0v) is 10.1. The molecule has 7 nitrogen and oxygen atoms in total. The fraction of sp³-hybridized carbons (Fsp3) is 0.300. The zero-order valence-electron chi connectivity index (χ0n) is 9.31. The van der Waals surface area contributed by atoms with Gasteiger partial charge in [-0.1, -0.05) is 11.6 Å². The third-order valence-electron chi connectivity index (χ3n) is 2.45. The van der Waals surface area contributed by atoms with Gasteiger partial charge in [-0.25, -0.2) is 9.78 Å². The number of carbonyl (C=O) groups excluding carboxylic acids is 2. The number of amides is 1. The van der Waals surface area contributed by atoms with Crippen LogP contribution in [-0.4, -0.2) is 41.2 Å². The number of carbonyl (C=O) groups is 2. The second-order valence-electron chi connectivity index (χ2n) is 3.61. The summed E-state index contributed by atoms with van der Waals surface area (Å²) in [4.78, 5) is 26.8. The van der Waals surface area contributed by atoms with Gasteiger partial charge in [-0.15, -0.1) is 0 Å². The van der Waals surface area contributed by atoms with Crippen molar-refractivity contribution in [3.63, 3.8) is 0 Å². The van der Waals surface area contributed by atoms with Crippen LogP contribution in [-0.2, 0) is 14.3 Å². The zero-order chi connectivity index (χ0) is 13.3. The number of methoxy groups -OCH3 is 1. The van der Waals surface area contributed by atoms with Crippen LogP contribution in [0.25, 0.3) is 0 Å². The first kappa shape index (κ1) is 12.6. The number of nitrogens with one attached hydrogen (secondary N) is 2. The molecule has 1 aliphatic heterocycles. The molecule has 1 aromatic rings. The number of hydrogen-bond donors (Lipinski definition) is 3. The Morgan fingerprint density at radius 1 is 1.61 bits per heavy atom. The van der Waals surface area contributed by atoms with Crippen molar-refractivity contribution in [3.8, 4) is 0 Å². The summed E-state index contributed by atoms with van der Waals surface area (Å²) >= 11 is 5.71. The highest BCUT2D eigenvalue weighted by atomic mass is 35.5. The molecule has 1 aromatic heterocycles. The molecule has 2 atom stereocenters. The monoisotopic (exact) mass is 271 g/mol. The highest BCUT2D eigenvalue weighted by Gasteiger charge is 2.36. The maximum absolute atomic E-state index is 11.7. The van der Waals surface area contributed by atoms with Crippen LogP contribution in [0, 0.1) is 0 Å². The van der Waals surface area contributed by atoms with Gasteiger partial charge in [0.25, 0.3) is 0 Å². The lowest BCUT2D eigenvalue weighted by Crippen LogP contribution is -2.50. The minimum atomic E-state index is -1.62. The van der Waals surface area contributed by atoms with E-state index in [0.717, 1.165) is 7.11 Å². The van der Waals surface area contributed by atoms with Gasteiger partial charge >= 0.3 is 5.97 Å². The second-order valence-corrected chi connectivity index (χ2v) is 4.00. The minimum Gasteiger partial charge on any atom is -0.467 e. The average Bonchev–Trinajstić information content (AvgIpc) is 2.36. The highest BCUT2D eigenvalue weighted by molar-refractivity contribution is 6.29. The Hall–Kier alpha value is -1.86. The molecule has 18 heavy (non-hydrogen) atoms. The minimum absolute atomic E-state index is 0.226. The molecular formula is C10H10ClN3O4. The summed E-state index contributed by atoms with van der Waals surface area (Å²) < 4.78 is 4.37. The van der Waals surface area contributed by atoms with E-state index in [1.54, 1.807) is 6.07 Å². The van der Waals surface area contributed by atoms with Gasteiger partial charge in [0.15, 0.2) is 11.9 Å². The fourth-order valence-corrected chi connectivity index (χ4v) is 1.70. The number of esters is 1. The molecule has 0 saturated carbocycles. The van der Waals surface area contributed by atoms with Crippen molar-refractivity contribution in [1.29, 1.82) is 0 Å². The standard InChI is InChI=1S/C10H10ClN3O4/c1-18-10(17)7(15)6-9(16)12-4-2-3-5(11)13-8(4)14-6/h2-3,6-7,15H,1H3,(H,12,16)(H,13,14)/t6-,7-/m0/s1. The summed E-state index contributed by atoms with van der Waals surface area (Å²) in [5.74, 6) is -1.17. The maximum atomic E-state index is 11.7. The fourth-order valence-electron chi connectivity index (χ4n) is 1.55. The Balaban J connectivity index is 2.27. The number of fused-ring (bicyclic) bond motifs is 1. The third-order valence-corrected chi connectivity index (χ3v) is 2.66. The summed E-state index contributed by atoms with van der Waals surface area (Å²) in [7, 11) is 1.12. The largest absolute Gasteiger partial charge is 0.467 e. The van der Waals surface area contributed by atoms with Gasteiger partial charge in [-0.05, 0) is 12.1 Å². The summed E-state index contributed by atoms with van der Waals surface area (Å²) in [5.41, 5.74) is 0.428. The number of aliphatic hydroxyl groups is 1. The number of anilines is 2. The topological polar surface area (TPSA) is 101 Å². The number of aromatic nitrogens is 1. The van der Waals surface area contributed by atoms with E-state index in [1.807, 2.05) is 0 Å². The lowest BCUT2D eigenvalue weighted by Gasteiger charge is -2.27. The average molecular weight is 272 g/mol. The van der Waals surface area contributed by atoms with E-state index in [4.69, 9.17) is 11.6 Å². The molecule has 2 heterocycles. The van der Waals surface area contributed by atoms with E-state index in [0.29, 0.717) is 5.69 Å². The van der Waals surface area contributed by atoms with Crippen LogP contribution in [0.4, 0.5) is 11.5 Å². The van der Waals surface area contributed by atoms with Crippen molar-refractivity contribution in [2.24, 2.45) is 0 Å². The third kappa shape index (κ3) is 2.22. The van der Waals surface area contributed by atoms with Gasteiger partial charge < -0.3 is 20.5 Å². The Bertz CT molecular complexity index is 508. The second kappa shape index (κ2) is 4.79. The molecule has 0 spiro atoms. The van der Waals surface area contributed by atoms with E-state index in [9.17, 15) is 14.7 Å². The van der Waals surface area contributed by atoms with Gasteiger partial charge in [-0.3, -0.25) is 4.79 Å². The number of hydrogen-bond acceptors (Lipinski definition) is 6. The molecule has 0 saturated heterocycles. The molecule has 0 radical (unpaired) electrons. The van der Waals surface area contributed by atoms with Crippen LogP contribution >= 0.6 is 11.6 Å². The molecular weight excluding hydrogens is 262 g/mol. The Morgan fingerprint density at radius 3 is 3.00 bits per heavy atom. The predicted molar refractivity (Wildman–Crippen MR) is 63.3 cm³/mol. The summed E-state index contributed by atoms with van der Waals surface area (Å²) in [6.45, 7) is 0. The molecule has 8 heteroatoms. The van der Waals surface area contributed by atoms with E-state index in [1.165, 1.54) is 6.07 Å². The molecule has 2 rings (SSSR count). The maximum Gasteiger partial charge on any atom is 0.337 e. The van der Waals surface area contributed by atoms with Crippen molar-refractivity contribution in [3.05, 3.63) is 17.3 Å². The van der Waals surface area contributed by atoms with Gasteiger partial charge in [0.2, 0.25) is 5.91 Å². The van der Waals surface area contributed by atoms with E-state index >= 15 is 0 Å². The van der Waals surface area contributed by atoms with E-state index < -0.39 is 24.0 Å². The number of halogens is 1. The van der Waals surface area contributed by atoms with Crippen LogP contribution in [0.15, 0.2) is 12.1 Å². The predicted octanol–water partition coefficient (Wildman–Crippen LogP) is 0.00150.